The van der Waals surface area contributed by atoms with Crippen molar-refractivity contribution >= 4 is 32.2 Å². The molecule has 0 saturated heterocycles. The molecule has 7 rings (SSSR count). The Kier molecular flexibility index (Phi) is 11.9. The zero-order valence-electron chi connectivity index (χ0n) is 28.9. The molecule has 0 aliphatic heterocycles. The molecule has 2 N–H and O–H groups in total. The first-order valence-electron chi connectivity index (χ1n) is 19.6. The highest BCUT2D eigenvalue weighted by Crippen LogP contribution is 2.65. The van der Waals surface area contributed by atoms with Crippen molar-refractivity contribution < 1.29 is 0 Å². The average molecular weight is 664 g/mol. The fourth-order valence-electron chi connectivity index (χ4n) is 9.85. The number of benzene rings is 3. The SMILES string of the molecule is Nc1cccc(=C(c2ccccc2)P(C2CCCCC2)C2CCCCC2)c1=C(c1ccccc1)P(C1CCCCC1)C1CCCCC1. The second-order valence-electron chi connectivity index (χ2n) is 15.2. The van der Waals surface area contributed by atoms with Gasteiger partial charge in [-0.15, -0.1) is 0 Å². The van der Waals surface area contributed by atoms with Crippen molar-refractivity contribution in [2.24, 2.45) is 0 Å². The highest BCUT2D eigenvalue weighted by atomic mass is 31.1. The smallest absolute Gasteiger partial charge is 0.0400 e. The van der Waals surface area contributed by atoms with E-state index in [9.17, 15) is 0 Å². The number of anilines is 1. The van der Waals surface area contributed by atoms with Crippen LogP contribution in [-0.4, -0.2) is 22.6 Å². The Morgan fingerprint density at radius 2 is 0.766 bits per heavy atom. The molecule has 4 saturated carbocycles. The summed E-state index contributed by atoms with van der Waals surface area (Å²) in [4.78, 5) is 0. The quantitative estimate of drug-likeness (QED) is 0.188. The third-order valence-electron chi connectivity index (χ3n) is 12.1. The van der Waals surface area contributed by atoms with E-state index in [1.54, 1.807) is 10.6 Å². The molecule has 47 heavy (non-hydrogen) atoms. The number of rotatable bonds is 8. The molecule has 1 nitrogen and oxygen atoms in total. The molecule has 250 valence electrons. The summed E-state index contributed by atoms with van der Waals surface area (Å²) in [7, 11) is -0.685. The summed E-state index contributed by atoms with van der Waals surface area (Å²) in [5.41, 5.74) is 14.7. The van der Waals surface area contributed by atoms with Crippen LogP contribution in [0.15, 0.2) is 78.9 Å². The van der Waals surface area contributed by atoms with Gasteiger partial charge in [0.25, 0.3) is 0 Å². The van der Waals surface area contributed by atoms with Gasteiger partial charge in [0.15, 0.2) is 0 Å². The molecule has 0 amide bonds. The minimum absolute atomic E-state index is 0.329. The van der Waals surface area contributed by atoms with E-state index in [0.29, 0.717) is 0 Å². The van der Waals surface area contributed by atoms with Gasteiger partial charge in [-0.25, -0.2) is 0 Å². The lowest BCUT2D eigenvalue weighted by molar-refractivity contribution is 0.487. The molecule has 4 aliphatic rings. The van der Waals surface area contributed by atoms with Crippen LogP contribution in [0.4, 0.5) is 5.69 Å². The van der Waals surface area contributed by atoms with E-state index in [1.165, 1.54) is 150 Å². The maximum absolute atomic E-state index is 7.41. The third kappa shape index (κ3) is 7.79. The second-order valence-corrected chi connectivity index (χ2v) is 20.6. The van der Waals surface area contributed by atoms with Crippen LogP contribution in [0, 0.1) is 0 Å². The van der Waals surface area contributed by atoms with Gasteiger partial charge in [-0.3, -0.25) is 0 Å². The summed E-state index contributed by atoms with van der Waals surface area (Å²) < 4.78 is 0. The Morgan fingerprint density at radius 1 is 0.404 bits per heavy atom. The lowest BCUT2D eigenvalue weighted by Crippen LogP contribution is -2.35. The van der Waals surface area contributed by atoms with Gasteiger partial charge in [-0.2, -0.15) is 0 Å². The molecule has 3 aromatic carbocycles. The molecule has 0 heterocycles. The van der Waals surface area contributed by atoms with Crippen LogP contribution >= 0.6 is 15.8 Å². The molecule has 0 bridgehead atoms. The predicted molar refractivity (Wildman–Crippen MR) is 209 cm³/mol. The molecular formula is C44H59NP2. The first kappa shape index (κ1) is 33.6. The Balaban J connectivity index is 1.58. The van der Waals surface area contributed by atoms with Gasteiger partial charge >= 0.3 is 0 Å². The Labute approximate surface area is 288 Å². The van der Waals surface area contributed by atoms with Crippen LogP contribution < -0.4 is 16.2 Å². The first-order chi connectivity index (χ1) is 23.3. The van der Waals surface area contributed by atoms with Crippen LogP contribution in [0.2, 0.25) is 0 Å². The van der Waals surface area contributed by atoms with Crippen LogP contribution in [0.3, 0.4) is 0 Å². The Morgan fingerprint density at radius 3 is 1.17 bits per heavy atom. The summed E-state index contributed by atoms with van der Waals surface area (Å²) in [6.45, 7) is 0. The molecule has 0 spiro atoms. The van der Waals surface area contributed by atoms with Gasteiger partial charge in [0, 0.05) is 10.9 Å². The summed E-state index contributed by atoms with van der Waals surface area (Å²) >= 11 is 0. The zero-order valence-corrected chi connectivity index (χ0v) is 30.7. The van der Waals surface area contributed by atoms with Crippen LogP contribution in [0.5, 0.6) is 0 Å². The summed E-state index contributed by atoms with van der Waals surface area (Å²) in [6.07, 6.45) is 28.3. The molecule has 3 aromatic rings. The molecule has 4 aliphatic carbocycles. The van der Waals surface area contributed by atoms with Gasteiger partial charge in [-0.1, -0.05) is 166 Å². The summed E-state index contributed by atoms with van der Waals surface area (Å²) in [5, 5.41) is 6.33. The van der Waals surface area contributed by atoms with Crippen molar-refractivity contribution in [3.05, 3.63) is 100 Å². The Hall–Kier alpha value is -1.94. The molecule has 0 unspecified atom stereocenters. The van der Waals surface area contributed by atoms with Crippen molar-refractivity contribution in [2.75, 3.05) is 5.73 Å². The fraction of sp³-hybridized carbons (Fsp3) is 0.545. The topological polar surface area (TPSA) is 26.0 Å². The minimum atomic E-state index is -0.357. The van der Waals surface area contributed by atoms with Gasteiger partial charge in [0.2, 0.25) is 0 Å². The minimum Gasteiger partial charge on any atom is -0.398 e. The highest BCUT2D eigenvalue weighted by Gasteiger charge is 2.37. The Bertz CT molecular complexity index is 1490. The van der Waals surface area contributed by atoms with Gasteiger partial charge in [0.05, 0.1) is 0 Å². The van der Waals surface area contributed by atoms with E-state index in [4.69, 9.17) is 5.73 Å². The molecule has 0 radical (unpaired) electrons. The fourth-order valence-corrected chi connectivity index (χ4v) is 18.1. The zero-order chi connectivity index (χ0) is 31.8. The summed E-state index contributed by atoms with van der Waals surface area (Å²) in [6, 6.07) is 30.5. The number of hydrogen-bond donors (Lipinski definition) is 1. The normalized spacial score (nSPS) is 22.4. The molecule has 0 atom stereocenters. The van der Waals surface area contributed by atoms with Crippen molar-refractivity contribution in [1.82, 2.24) is 0 Å². The maximum Gasteiger partial charge on any atom is 0.0400 e. The largest absolute Gasteiger partial charge is 0.398 e. The maximum atomic E-state index is 7.41. The van der Waals surface area contributed by atoms with E-state index in [1.807, 2.05) is 0 Å². The van der Waals surface area contributed by atoms with Crippen LogP contribution in [-0.2, 0) is 0 Å². The van der Waals surface area contributed by atoms with Crippen LogP contribution in [0.25, 0.3) is 10.6 Å². The van der Waals surface area contributed by atoms with Gasteiger partial charge in [-0.05, 0) is 107 Å². The van der Waals surface area contributed by atoms with Crippen molar-refractivity contribution in [3.63, 3.8) is 0 Å². The second kappa shape index (κ2) is 16.6. The molecule has 4 fully saturated rings. The molecule has 0 aromatic heterocycles. The first-order valence-corrected chi connectivity index (χ1v) is 22.6. The van der Waals surface area contributed by atoms with E-state index < -0.39 is 0 Å². The number of hydrogen-bond acceptors (Lipinski definition) is 1. The lowest BCUT2D eigenvalue weighted by atomic mass is 9.99. The van der Waals surface area contributed by atoms with E-state index in [-0.39, 0.29) is 15.8 Å². The lowest BCUT2D eigenvalue weighted by Gasteiger charge is -2.41. The average Bonchev–Trinajstić information content (AvgIpc) is 3.15. The highest BCUT2D eigenvalue weighted by molar-refractivity contribution is 7.70. The van der Waals surface area contributed by atoms with E-state index in [0.717, 1.165) is 28.3 Å². The third-order valence-corrected chi connectivity index (χ3v) is 19.3. The summed E-state index contributed by atoms with van der Waals surface area (Å²) in [5.74, 6) is 0. The standard InChI is InChI=1S/C44H59NP2/c45-41-33-19-32-40(43(34-20-7-1-8-21-34)46(36-24-11-3-12-25-36)37-26-13-4-14-27-37)42(41)44(35-22-9-2-10-23-35)47(38-28-15-5-16-29-38)39-30-17-6-18-31-39/h1-2,7-10,19-23,32-33,36-39H,3-6,11-18,24-31,45H2. The molecule has 3 heteroatoms. The van der Waals surface area contributed by atoms with Crippen molar-refractivity contribution in [3.8, 4) is 0 Å². The van der Waals surface area contributed by atoms with Crippen molar-refractivity contribution in [2.45, 2.75) is 151 Å². The number of nitrogens with two attached hydrogens (primary N) is 1. The molecular weight excluding hydrogens is 604 g/mol. The predicted octanol–water partition coefficient (Wildman–Crippen LogP) is 11.9. The van der Waals surface area contributed by atoms with Gasteiger partial charge < -0.3 is 5.73 Å². The van der Waals surface area contributed by atoms with Crippen LogP contribution in [0.1, 0.15) is 140 Å². The van der Waals surface area contributed by atoms with E-state index >= 15 is 0 Å². The van der Waals surface area contributed by atoms with E-state index in [2.05, 4.69) is 78.9 Å². The monoisotopic (exact) mass is 663 g/mol. The van der Waals surface area contributed by atoms with Crippen molar-refractivity contribution in [1.29, 1.82) is 0 Å². The van der Waals surface area contributed by atoms with Gasteiger partial charge in [0.1, 0.15) is 0 Å². The number of nitrogen functional groups attached to an aromatic ring is 1.